The minimum atomic E-state index is -0.468. The Morgan fingerprint density at radius 3 is 2.50 bits per heavy atom. The molecule has 0 saturated heterocycles. The predicted molar refractivity (Wildman–Crippen MR) is 127 cm³/mol. The van der Waals surface area contributed by atoms with Gasteiger partial charge in [-0.3, -0.25) is 4.79 Å². The molecule has 1 fully saturated rings. The zero-order valence-electron chi connectivity index (χ0n) is 19.1. The van der Waals surface area contributed by atoms with Gasteiger partial charge in [-0.15, -0.1) is 0 Å². The number of carbonyl (C=O) groups excluding carboxylic acids is 2. The Hall–Kier alpha value is -2.79. The summed E-state index contributed by atoms with van der Waals surface area (Å²) in [4.78, 5) is 28.1. The number of ether oxygens (including phenoxy) is 1. The number of hydrogen-bond acceptors (Lipinski definition) is 3. The van der Waals surface area contributed by atoms with Gasteiger partial charge in [0.15, 0.2) is 0 Å². The first-order valence-electron chi connectivity index (χ1n) is 11.1. The fourth-order valence-electron chi connectivity index (χ4n) is 5.08. The molecule has 0 N–H and O–H groups in total. The van der Waals surface area contributed by atoms with E-state index in [9.17, 15) is 9.59 Å². The van der Waals surface area contributed by atoms with Gasteiger partial charge in [-0.25, -0.2) is 4.79 Å². The molecule has 2 aromatic rings. The van der Waals surface area contributed by atoms with E-state index in [-0.39, 0.29) is 11.9 Å². The summed E-state index contributed by atoms with van der Waals surface area (Å²) in [5.41, 5.74) is 5.32. The maximum absolute atomic E-state index is 13.6. The zero-order chi connectivity index (χ0) is 23.0. The second kappa shape index (κ2) is 8.99. The van der Waals surface area contributed by atoms with Crippen molar-refractivity contribution in [3.8, 4) is 5.69 Å². The van der Waals surface area contributed by atoms with Crippen molar-refractivity contribution in [2.24, 2.45) is 0 Å². The maximum atomic E-state index is 13.6. The SMILES string of the molecule is COC(=O)C1=C(C)N(C2CCCCC2)C(=O)C1=Cc1cc(C)n(-c2cccc(Cl)c2)c1C. The lowest BCUT2D eigenvalue weighted by molar-refractivity contribution is -0.136. The molecule has 32 heavy (non-hydrogen) atoms. The van der Waals surface area contributed by atoms with Gasteiger partial charge in [0.1, 0.15) is 0 Å². The third kappa shape index (κ3) is 3.90. The van der Waals surface area contributed by atoms with Crippen LogP contribution in [0.4, 0.5) is 0 Å². The van der Waals surface area contributed by atoms with Crippen LogP contribution in [0.25, 0.3) is 11.8 Å². The largest absolute Gasteiger partial charge is 0.465 e. The van der Waals surface area contributed by atoms with Crippen molar-refractivity contribution in [1.82, 2.24) is 9.47 Å². The summed E-state index contributed by atoms with van der Waals surface area (Å²) in [5.74, 6) is -0.577. The van der Waals surface area contributed by atoms with Crippen LogP contribution < -0.4 is 0 Å². The van der Waals surface area contributed by atoms with E-state index in [0.29, 0.717) is 21.9 Å². The first-order chi connectivity index (χ1) is 15.3. The molecule has 1 amide bonds. The Labute approximate surface area is 194 Å². The van der Waals surface area contributed by atoms with Crippen molar-refractivity contribution in [2.75, 3.05) is 7.11 Å². The molecular formula is C26H29ClN2O3. The molecule has 2 aliphatic rings. The fourth-order valence-corrected chi connectivity index (χ4v) is 5.26. The zero-order valence-corrected chi connectivity index (χ0v) is 19.8. The Bertz CT molecular complexity index is 1140. The van der Waals surface area contributed by atoms with Gasteiger partial charge < -0.3 is 14.2 Å². The standard InChI is InChI=1S/C26H29ClN2O3/c1-16-13-19(17(2)28(16)22-12-8-9-20(27)15-22)14-23-24(26(31)32-4)18(3)29(25(23)30)21-10-6-5-7-11-21/h8-9,12-15,21H,5-7,10-11H2,1-4H3. The average Bonchev–Trinajstić information content (AvgIpc) is 3.19. The van der Waals surface area contributed by atoms with Gasteiger partial charge in [-0.1, -0.05) is 36.9 Å². The molecule has 2 heterocycles. The highest BCUT2D eigenvalue weighted by Gasteiger charge is 2.40. The number of amides is 1. The van der Waals surface area contributed by atoms with Crippen molar-refractivity contribution in [3.63, 3.8) is 0 Å². The second-order valence-electron chi connectivity index (χ2n) is 8.62. The van der Waals surface area contributed by atoms with Crippen LogP contribution in [0.1, 0.15) is 56.0 Å². The Morgan fingerprint density at radius 1 is 1.12 bits per heavy atom. The first kappa shape index (κ1) is 22.4. The van der Waals surface area contributed by atoms with E-state index in [1.165, 1.54) is 13.5 Å². The van der Waals surface area contributed by atoms with Crippen molar-refractivity contribution in [1.29, 1.82) is 0 Å². The highest BCUT2D eigenvalue weighted by atomic mass is 35.5. The van der Waals surface area contributed by atoms with Gasteiger partial charge in [-0.05, 0) is 69.5 Å². The van der Waals surface area contributed by atoms with Crippen LogP contribution in [0.3, 0.4) is 0 Å². The van der Waals surface area contributed by atoms with Gasteiger partial charge in [0.25, 0.3) is 5.91 Å². The van der Waals surface area contributed by atoms with E-state index in [1.807, 2.05) is 62.1 Å². The minimum absolute atomic E-state index is 0.109. The van der Waals surface area contributed by atoms with Crippen LogP contribution in [0.2, 0.25) is 5.02 Å². The van der Waals surface area contributed by atoms with Crippen LogP contribution in [0, 0.1) is 13.8 Å². The number of aromatic nitrogens is 1. The lowest BCUT2D eigenvalue weighted by Gasteiger charge is -2.32. The molecule has 4 rings (SSSR count). The van der Waals surface area contributed by atoms with Gasteiger partial charge in [0.05, 0.1) is 18.3 Å². The van der Waals surface area contributed by atoms with E-state index < -0.39 is 5.97 Å². The van der Waals surface area contributed by atoms with E-state index in [0.717, 1.165) is 48.3 Å². The van der Waals surface area contributed by atoms with Gasteiger partial charge in [0.2, 0.25) is 0 Å². The van der Waals surface area contributed by atoms with Gasteiger partial charge in [-0.2, -0.15) is 0 Å². The molecule has 0 unspecified atom stereocenters. The molecule has 0 radical (unpaired) electrons. The molecule has 1 aromatic heterocycles. The monoisotopic (exact) mass is 452 g/mol. The van der Waals surface area contributed by atoms with Crippen molar-refractivity contribution in [3.05, 3.63) is 69.1 Å². The van der Waals surface area contributed by atoms with Gasteiger partial charge >= 0.3 is 5.97 Å². The second-order valence-corrected chi connectivity index (χ2v) is 9.06. The van der Waals surface area contributed by atoms with E-state index in [4.69, 9.17) is 16.3 Å². The predicted octanol–water partition coefficient (Wildman–Crippen LogP) is 5.75. The number of carbonyl (C=O) groups is 2. The molecule has 1 saturated carbocycles. The number of allylic oxidation sites excluding steroid dienone is 1. The number of halogens is 1. The summed E-state index contributed by atoms with van der Waals surface area (Å²) >= 11 is 6.21. The number of benzene rings is 1. The molecule has 1 aliphatic carbocycles. The average molecular weight is 453 g/mol. The lowest BCUT2D eigenvalue weighted by atomic mass is 9.94. The van der Waals surface area contributed by atoms with E-state index >= 15 is 0 Å². The summed E-state index contributed by atoms with van der Waals surface area (Å²) in [6.07, 6.45) is 7.18. The number of hydrogen-bond donors (Lipinski definition) is 0. The third-order valence-electron chi connectivity index (χ3n) is 6.61. The minimum Gasteiger partial charge on any atom is -0.465 e. The van der Waals surface area contributed by atoms with Gasteiger partial charge in [0, 0.05) is 33.8 Å². The summed E-state index contributed by atoms with van der Waals surface area (Å²) in [5, 5.41) is 0.663. The van der Waals surface area contributed by atoms with Crippen molar-refractivity contribution < 1.29 is 14.3 Å². The molecule has 0 bridgehead atoms. The van der Waals surface area contributed by atoms with Crippen LogP contribution in [0.15, 0.2) is 47.2 Å². The normalized spacial score (nSPS) is 18.7. The Kier molecular flexibility index (Phi) is 6.29. The molecule has 1 aromatic carbocycles. The Balaban J connectivity index is 1.79. The molecule has 0 atom stereocenters. The Morgan fingerprint density at radius 2 is 1.84 bits per heavy atom. The quantitative estimate of drug-likeness (QED) is 0.438. The fraction of sp³-hybridized carbons (Fsp3) is 0.385. The number of methoxy groups -OCH3 is 1. The number of rotatable bonds is 4. The lowest BCUT2D eigenvalue weighted by Crippen LogP contribution is -2.37. The summed E-state index contributed by atoms with van der Waals surface area (Å²) in [7, 11) is 1.36. The van der Waals surface area contributed by atoms with Crippen LogP contribution in [0.5, 0.6) is 0 Å². The number of aryl methyl sites for hydroxylation is 1. The van der Waals surface area contributed by atoms with Crippen LogP contribution in [-0.4, -0.2) is 34.5 Å². The molecule has 5 nitrogen and oxygen atoms in total. The molecular weight excluding hydrogens is 424 g/mol. The molecule has 6 heteroatoms. The molecule has 0 spiro atoms. The summed E-state index contributed by atoms with van der Waals surface area (Å²) < 4.78 is 7.16. The van der Waals surface area contributed by atoms with Crippen LogP contribution >= 0.6 is 11.6 Å². The highest BCUT2D eigenvalue weighted by Crippen LogP contribution is 2.37. The third-order valence-corrected chi connectivity index (χ3v) is 6.84. The maximum Gasteiger partial charge on any atom is 0.340 e. The smallest absolute Gasteiger partial charge is 0.340 e. The van der Waals surface area contributed by atoms with E-state index in [2.05, 4.69) is 4.57 Å². The van der Waals surface area contributed by atoms with Crippen LogP contribution in [-0.2, 0) is 14.3 Å². The number of nitrogens with zero attached hydrogens (tertiary/aromatic N) is 2. The molecule has 1 aliphatic heterocycles. The van der Waals surface area contributed by atoms with Crippen molar-refractivity contribution in [2.45, 2.75) is 58.9 Å². The topological polar surface area (TPSA) is 51.5 Å². The highest BCUT2D eigenvalue weighted by molar-refractivity contribution is 6.30. The summed E-state index contributed by atoms with van der Waals surface area (Å²) in [6, 6.07) is 9.84. The first-order valence-corrected chi connectivity index (χ1v) is 11.5. The number of esters is 1. The van der Waals surface area contributed by atoms with Crippen molar-refractivity contribution >= 4 is 29.6 Å². The molecule has 168 valence electrons. The van der Waals surface area contributed by atoms with E-state index in [1.54, 1.807) is 0 Å². The summed E-state index contributed by atoms with van der Waals surface area (Å²) in [6.45, 7) is 5.88.